The summed E-state index contributed by atoms with van der Waals surface area (Å²) in [4.78, 5) is 29.8. The van der Waals surface area contributed by atoms with Gasteiger partial charge < -0.3 is 0 Å². The molecule has 1 amide bonds. The molecule has 1 N–H and O–H groups in total. The Morgan fingerprint density at radius 2 is 1.70 bits per heavy atom. The van der Waals surface area contributed by atoms with Crippen molar-refractivity contribution in [3.63, 3.8) is 0 Å². The van der Waals surface area contributed by atoms with Crippen molar-refractivity contribution in [3.05, 3.63) is 112 Å². The highest BCUT2D eigenvalue weighted by molar-refractivity contribution is 7.98. The zero-order valence-electron chi connectivity index (χ0n) is 15.9. The number of nitrogens with one attached hydrogen (secondary N) is 1. The van der Waals surface area contributed by atoms with Gasteiger partial charge in [-0.15, -0.1) is 11.8 Å². The molecule has 0 bridgehead atoms. The molecule has 7 heteroatoms. The average Bonchev–Trinajstić information content (AvgIpc) is 2.80. The van der Waals surface area contributed by atoms with Gasteiger partial charge in [-0.25, -0.2) is 10.4 Å². The molecule has 4 rings (SSSR count). The molecule has 4 aromatic rings. The van der Waals surface area contributed by atoms with Crippen molar-refractivity contribution >= 4 is 29.5 Å². The first-order chi connectivity index (χ1) is 14.7. The number of benzene rings is 2. The normalized spacial score (nSPS) is 11.1. The molecule has 2 aromatic carbocycles. The first-order valence-corrected chi connectivity index (χ1v) is 10.3. The number of rotatable bonds is 6. The molecule has 0 radical (unpaired) electrons. The maximum atomic E-state index is 13.0. The van der Waals surface area contributed by atoms with E-state index in [2.05, 4.69) is 15.5 Å². The van der Waals surface area contributed by atoms with Crippen LogP contribution in [0.2, 0.25) is 0 Å². The maximum absolute atomic E-state index is 13.0. The predicted octanol–water partition coefficient (Wildman–Crippen LogP) is 3.75. The quantitative estimate of drug-likeness (QED) is 0.226. The molecule has 0 saturated carbocycles. The van der Waals surface area contributed by atoms with Crippen LogP contribution in [-0.2, 0) is 5.75 Å². The Kier molecular flexibility index (Phi) is 6.01. The Labute approximate surface area is 177 Å². The number of fused-ring (bicyclic) bond motifs is 1. The lowest BCUT2D eigenvalue weighted by molar-refractivity contribution is 0.0955. The molecular weight excluding hydrogens is 396 g/mol. The molecule has 148 valence electrons. The minimum Gasteiger partial charge on any atom is -0.268 e. The summed E-state index contributed by atoms with van der Waals surface area (Å²) in [6.45, 7) is 0. The maximum Gasteiger partial charge on any atom is 0.271 e. The van der Waals surface area contributed by atoms with Crippen LogP contribution in [0.3, 0.4) is 0 Å². The van der Waals surface area contributed by atoms with Crippen molar-refractivity contribution in [3.8, 4) is 0 Å². The van der Waals surface area contributed by atoms with Crippen LogP contribution in [-0.4, -0.2) is 21.5 Å². The van der Waals surface area contributed by atoms with Gasteiger partial charge in [0.25, 0.3) is 11.5 Å². The topological polar surface area (TPSA) is 75.8 Å². The standard InChI is InChI=1S/C23H18N4O2S/c28-21(18-11-5-2-6-12-18)26-24-15-19-22(30-16-17-9-3-1-4-10-17)25-20-13-7-8-14-27(20)23(19)29/h1-15H,16H2,(H,26,28)/b24-15+. The summed E-state index contributed by atoms with van der Waals surface area (Å²) >= 11 is 1.46. The SMILES string of the molecule is O=C(N/N=C/c1c(SCc2ccccc2)nc2ccccn2c1=O)c1ccccc1. The molecule has 0 spiro atoms. The average molecular weight is 414 g/mol. The van der Waals surface area contributed by atoms with Gasteiger partial charge in [0, 0.05) is 17.5 Å². The van der Waals surface area contributed by atoms with E-state index in [1.165, 1.54) is 22.4 Å². The van der Waals surface area contributed by atoms with E-state index >= 15 is 0 Å². The Balaban J connectivity index is 1.63. The number of hydrogen-bond acceptors (Lipinski definition) is 5. The van der Waals surface area contributed by atoms with Crippen molar-refractivity contribution in [2.75, 3.05) is 0 Å². The fraction of sp³-hybridized carbons (Fsp3) is 0.0435. The third-order valence-corrected chi connectivity index (χ3v) is 5.41. The first-order valence-electron chi connectivity index (χ1n) is 9.29. The Bertz CT molecular complexity index is 1250. The van der Waals surface area contributed by atoms with Gasteiger partial charge in [-0.05, 0) is 29.8 Å². The highest BCUT2D eigenvalue weighted by Gasteiger charge is 2.12. The van der Waals surface area contributed by atoms with Crippen LogP contribution in [0.5, 0.6) is 0 Å². The monoisotopic (exact) mass is 414 g/mol. The zero-order valence-corrected chi connectivity index (χ0v) is 16.8. The van der Waals surface area contributed by atoms with E-state index in [4.69, 9.17) is 0 Å². The van der Waals surface area contributed by atoms with Crippen molar-refractivity contribution in [2.24, 2.45) is 5.10 Å². The summed E-state index contributed by atoms with van der Waals surface area (Å²) in [5.74, 6) is 0.312. The number of hydrazone groups is 1. The zero-order chi connectivity index (χ0) is 20.8. The van der Waals surface area contributed by atoms with Crippen LogP contribution in [0.1, 0.15) is 21.5 Å². The van der Waals surface area contributed by atoms with E-state index in [-0.39, 0.29) is 11.5 Å². The number of thioether (sulfide) groups is 1. The van der Waals surface area contributed by atoms with Crippen LogP contribution >= 0.6 is 11.8 Å². The second-order valence-electron chi connectivity index (χ2n) is 6.40. The van der Waals surface area contributed by atoms with Gasteiger partial charge in [0.2, 0.25) is 0 Å². The van der Waals surface area contributed by atoms with Gasteiger partial charge in [-0.1, -0.05) is 54.6 Å². The lowest BCUT2D eigenvalue weighted by atomic mass is 10.2. The van der Waals surface area contributed by atoms with E-state index in [0.717, 1.165) is 5.56 Å². The molecule has 0 atom stereocenters. The fourth-order valence-corrected chi connectivity index (χ4v) is 3.79. The lowest BCUT2D eigenvalue weighted by Gasteiger charge is -2.08. The number of amides is 1. The minimum absolute atomic E-state index is 0.242. The third kappa shape index (κ3) is 4.47. The lowest BCUT2D eigenvalue weighted by Crippen LogP contribution is -2.23. The summed E-state index contributed by atoms with van der Waals surface area (Å²) in [7, 11) is 0. The molecule has 0 fully saturated rings. The molecule has 0 aliphatic carbocycles. The van der Waals surface area contributed by atoms with Crippen LogP contribution in [0.15, 0.2) is 100.0 Å². The molecule has 6 nitrogen and oxygen atoms in total. The second-order valence-corrected chi connectivity index (χ2v) is 7.37. The smallest absolute Gasteiger partial charge is 0.268 e. The van der Waals surface area contributed by atoms with Crippen LogP contribution in [0.25, 0.3) is 5.65 Å². The molecule has 0 aliphatic heterocycles. The highest BCUT2D eigenvalue weighted by atomic mass is 32.2. The van der Waals surface area contributed by atoms with E-state index in [1.54, 1.807) is 42.6 Å². The Morgan fingerprint density at radius 1 is 1.00 bits per heavy atom. The molecule has 0 aliphatic rings. The fourth-order valence-electron chi connectivity index (χ4n) is 2.84. The van der Waals surface area contributed by atoms with Gasteiger partial charge in [0.1, 0.15) is 10.7 Å². The highest BCUT2D eigenvalue weighted by Crippen LogP contribution is 2.22. The van der Waals surface area contributed by atoms with Crippen LogP contribution in [0, 0.1) is 0 Å². The second kappa shape index (κ2) is 9.19. The van der Waals surface area contributed by atoms with E-state index < -0.39 is 0 Å². The summed E-state index contributed by atoms with van der Waals surface area (Å²) in [5, 5.41) is 4.57. The number of carbonyl (C=O) groups excluding carboxylic acids is 1. The molecular formula is C23H18N4O2S. The number of pyridine rings is 1. The van der Waals surface area contributed by atoms with Crippen molar-refractivity contribution in [1.29, 1.82) is 0 Å². The van der Waals surface area contributed by atoms with Gasteiger partial charge in [-0.2, -0.15) is 5.10 Å². The van der Waals surface area contributed by atoms with Crippen molar-refractivity contribution in [2.45, 2.75) is 10.8 Å². The number of hydrogen-bond donors (Lipinski definition) is 1. The summed E-state index contributed by atoms with van der Waals surface area (Å²) < 4.78 is 1.47. The Morgan fingerprint density at radius 3 is 2.47 bits per heavy atom. The molecule has 2 aromatic heterocycles. The first kappa shape index (κ1) is 19.6. The van der Waals surface area contributed by atoms with Gasteiger partial charge in [0.15, 0.2) is 0 Å². The number of carbonyl (C=O) groups is 1. The minimum atomic E-state index is -0.348. The van der Waals surface area contributed by atoms with E-state index in [9.17, 15) is 9.59 Å². The third-order valence-electron chi connectivity index (χ3n) is 4.35. The van der Waals surface area contributed by atoms with Crippen molar-refractivity contribution in [1.82, 2.24) is 14.8 Å². The van der Waals surface area contributed by atoms with E-state index in [1.807, 2.05) is 42.5 Å². The van der Waals surface area contributed by atoms with Gasteiger partial charge in [-0.3, -0.25) is 14.0 Å². The van der Waals surface area contributed by atoms with Gasteiger partial charge >= 0.3 is 0 Å². The summed E-state index contributed by atoms with van der Waals surface area (Å²) in [6.07, 6.45) is 3.03. The van der Waals surface area contributed by atoms with E-state index in [0.29, 0.717) is 27.6 Å². The summed E-state index contributed by atoms with van der Waals surface area (Å²) in [5.41, 5.74) is 4.72. The van der Waals surface area contributed by atoms with Gasteiger partial charge in [0.05, 0.1) is 11.8 Å². The van der Waals surface area contributed by atoms with Crippen LogP contribution in [0.4, 0.5) is 0 Å². The number of aromatic nitrogens is 2. The summed E-state index contributed by atoms with van der Waals surface area (Å²) in [6, 6.07) is 24.1. The number of nitrogens with zero attached hydrogens (tertiary/aromatic N) is 3. The molecule has 30 heavy (non-hydrogen) atoms. The predicted molar refractivity (Wildman–Crippen MR) is 119 cm³/mol. The molecule has 0 saturated heterocycles. The largest absolute Gasteiger partial charge is 0.271 e. The Hall–Kier alpha value is -3.71. The van der Waals surface area contributed by atoms with Crippen LogP contribution < -0.4 is 11.0 Å². The van der Waals surface area contributed by atoms with Crippen molar-refractivity contribution < 1.29 is 4.79 Å². The molecule has 2 heterocycles. The molecule has 0 unspecified atom stereocenters.